The van der Waals surface area contributed by atoms with Crippen LogP contribution >= 0.6 is 0 Å². The summed E-state index contributed by atoms with van der Waals surface area (Å²) in [4.78, 5) is 34.8. The number of carbonyl (C=O) groups is 2. The van der Waals surface area contributed by atoms with Crippen molar-refractivity contribution in [3.63, 3.8) is 0 Å². The molecular formula is C14H12F2N2O7. The average Bonchev–Trinajstić information content (AvgIpc) is 2.59. The van der Waals surface area contributed by atoms with Crippen molar-refractivity contribution in [2.75, 3.05) is 32.5 Å². The second kappa shape index (κ2) is 7.21. The molecule has 11 heteroatoms. The van der Waals surface area contributed by atoms with Gasteiger partial charge in [-0.3, -0.25) is 10.1 Å². The first kappa shape index (κ1) is 18.3. The number of nitrogens with zero attached hydrogens (tertiary/aromatic N) is 2. The predicted octanol–water partition coefficient (Wildman–Crippen LogP) is 1.27. The Hall–Kier alpha value is -3.08. The predicted molar refractivity (Wildman–Crippen MR) is 77.4 cm³/mol. The van der Waals surface area contributed by atoms with E-state index in [0.717, 1.165) is 19.1 Å². The van der Waals surface area contributed by atoms with Gasteiger partial charge in [-0.15, -0.1) is 0 Å². The van der Waals surface area contributed by atoms with Crippen molar-refractivity contribution in [1.29, 1.82) is 0 Å². The first-order chi connectivity index (χ1) is 11.8. The maximum absolute atomic E-state index is 14.3. The molecule has 0 spiro atoms. The minimum Gasteiger partial charge on any atom is -0.466 e. The first-order valence-corrected chi connectivity index (χ1v) is 6.70. The zero-order valence-electron chi connectivity index (χ0n) is 13.1. The molecule has 0 fully saturated rings. The molecule has 25 heavy (non-hydrogen) atoms. The van der Waals surface area contributed by atoms with Crippen molar-refractivity contribution in [2.24, 2.45) is 0 Å². The SMILES string of the molecule is COC(=O)C1=C(C(=O)OC)N(c2c(F)cc(F)cc2[N+](=O)[O-])COC1. The Morgan fingerprint density at radius 1 is 1.24 bits per heavy atom. The van der Waals surface area contributed by atoms with Crippen molar-refractivity contribution >= 4 is 23.3 Å². The summed E-state index contributed by atoms with van der Waals surface area (Å²) < 4.78 is 41.8. The fraction of sp³-hybridized carbons (Fsp3) is 0.286. The van der Waals surface area contributed by atoms with E-state index in [1.165, 1.54) is 0 Å². The highest BCUT2D eigenvalue weighted by atomic mass is 19.1. The normalized spacial score (nSPS) is 14.3. The molecule has 1 heterocycles. The zero-order valence-corrected chi connectivity index (χ0v) is 13.1. The van der Waals surface area contributed by atoms with Gasteiger partial charge in [0.2, 0.25) is 0 Å². The third-order valence-electron chi connectivity index (χ3n) is 3.31. The van der Waals surface area contributed by atoms with Gasteiger partial charge in [-0.25, -0.2) is 18.4 Å². The highest BCUT2D eigenvalue weighted by molar-refractivity contribution is 6.03. The van der Waals surface area contributed by atoms with Gasteiger partial charge < -0.3 is 19.1 Å². The quantitative estimate of drug-likeness (QED) is 0.450. The summed E-state index contributed by atoms with van der Waals surface area (Å²) >= 11 is 0. The van der Waals surface area contributed by atoms with Crippen molar-refractivity contribution in [3.8, 4) is 0 Å². The number of ether oxygens (including phenoxy) is 3. The van der Waals surface area contributed by atoms with Gasteiger partial charge in [-0.05, 0) is 0 Å². The molecule has 1 aliphatic heterocycles. The number of nitro benzene ring substituents is 1. The van der Waals surface area contributed by atoms with Gasteiger partial charge in [0.15, 0.2) is 11.5 Å². The second-order valence-corrected chi connectivity index (χ2v) is 4.73. The summed E-state index contributed by atoms with van der Waals surface area (Å²) in [5, 5.41) is 11.2. The van der Waals surface area contributed by atoms with E-state index in [1.807, 2.05) is 0 Å². The van der Waals surface area contributed by atoms with Crippen molar-refractivity contribution in [3.05, 3.63) is 45.2 Å². The Morgan fingerprint density at radius 3 is 2.44 bits per heavy atom. The maximum Gasteiger partial charge on any atom is 0.355 e. The molecule has 0 bridgehead atoms. The first-order valence-electron chi connectivity index (χ1n) is 6.70. The van der Waals surface area contributed by atoms with E-state index in [1.54, 1.807) is 0 Å². The molecule has 9 nitrogen and oxygen atoms in total. The van der Waals surface area contributed by atoms with Crippen LogP contribution in [0.5, 0.6) is 0 Å². The number of methoxy groups -OCH3 is 2. The van der Waals surface area contributed by atoms with Gasteiger partial charge in [0.05, 0.1) is 37.4 Å². The molecule has 0 radical (unpaired) electrons. The molecule has 0 atom stereocenters. The van der Waals surface area contributed by atoms with Crippen molar-refractivity contribution < 1.29 is 37.5 Å². The third kappa shape index (κ3) is 3.40. The molecule has 0 aliphatic carbocycles. The fourth-order valence-electron chi connectivity index (χ4n) is 2.28. The summed E-state index contributed by atoms with van der Waals surface area (Å²) in [7, 11) is 2.05. The Bertz CT molecular complexity index is 779. The van der Waals surface area contributed by atoms with Crippen molar-refractivity contribution in [2.45, 2.75) is 0 Å². The van der Waals surface area contributed by atoms with Crippen LogP contribution in [-0.2, 0) is 23.8 Å². The van der Waals surface area contributed by atoms with Crippen LogP contribution in [-0.4, -0.2) is 44.4 Å². The monoisotopic (exact) mass is 358 g/mol. The Kier molecular flexibility index (Phi) is 5.27. The summed E-state index contributed by atoms with van der Waals surface area (Å²) in [6, 6.07) is 0.892. The van der Waals surface area contributed by atoms with Gasteiger partial charge >= 0.3 is 11.9 Å². The average molecular weight is 358 g/mol. The summed E-state index contributed by atoms with van der Waals surface area (Å²) in [6.07, 6.45) is 0. The highest BCUT2D eigenvalue weighted by Crippen LogP contribution is 2.36. The zero-order chi connectivity index (χ0) is 18.7. The van der Waals surface area contributed by atoms with Crippen LogP contribution in [0, 0.1) is 21.7 Å². The van der Waals surface area contributed by atoms with Crippen molar-refractivity contribution in [1.82, 2.24) is 0 Å². The van der Waals surface area contributed by atoms with Gasteiger partial charge in [0.1, 0.15) is 18.2 Å². The van der Waals surface area contributed by atoms with Crippen LogP contribution < -0.4 is 4.90 Å². The van der Waals surface area contributed by atoms with Gasteiger partial charge in [-0.1, -0.05) is 0 Å². The summed E-state index contributed by atoms with van der Waals surface area (Å²) in [5.41, 5.74) is -2.51. The van der Waals surface area contributed by atoms with E-state index < -0.39 is 52.3 Å². The molecule has 1 aromatic carbocycles. The van der Waals surface area contributed by atoms with E-state index in [-0.39, 0.29) is 12.2 Å². The largest absolute Gasteiger partial charge is 0.466 e. The minimum absolute atomic E-state index is 0.321. The molecule has 0 unspecified atom stereocenters. The third-order valence-corrected chi connectivity index (χ3v) is 3.31. The molecule has 0 aromatic heterocycles. The fourth-order valence-corrected chi connectivity index (χ4v) is 2.28. The lowest BCUT2D eigenvalue weighted by atomic mass is 10.1. The lowest BCUT2D eigenvalue weighted by Gasteiger charge is -2.31. The smallest absolute Gasteiger partial charge is 0.355 e. The molecular weight excluding hydrogens is 346 g/mol. The van der Waals surface area contributed by atoms with E-state index in [9.17, 15) is 28.5 Å². The highest BCUT2D eigenvalue weighted by Gasteiger charge is 2.37. The molecule has 1 aliphatic rings. The molecule has 0 saturated carbocycles. The number of nitro groups is 1. The number of hydrogen-bond acceptors (Lipinski definition) is 8. The number of benzene rings is 1. The van der Waals surface area contributed by atoms with E-state index in [4.69, 9.17) is 4.74 Å². The Balaban J connectivity index is 2.74. The van der Waals surface area contributed by atoms with Crippen LogP contribution in [0.1, 0.15) is 0 Å². The van der Waals surface area contributed by atoms with Gasteiger partial charge in [-0.2, -0.15) is 0 Å². The van der Waals surface area contributed by atoms with Gasteiger partial charge in [0.25, 0.3) is 5.69 Å². The van der Waals surface area contributed by atoms with Crippen LogP contribution in [0.2, 0.25) is 0 Å². The van der Waals surface area contributed by atoms with Crippen LogP contribution in [0.15, 0.2) is 23.4 Å². The van der Waals surface area contributed by atoms with E-state index in [0.29, 0.717) is 12.1 Å². The molecule has 134 valence electrons. The van der Waals surface area contributed by atoms with Crippen LogP contribution in [0.3, 0.4) is 0 Å². The summed E-state index contributed by atoms with van der Waals surface area (Å²) in [6.45, 7) is -0.863. The minimum atomic E-state index is -1.32. The number of hydrogen-bond donors (Lipinski definition) is 0. The molecule has 0 amide bonds. The van der Waals surface area contributed by atoms with Gasteiger partial charge in [0, 0.05) is 6.07 Å². The molecule has 0 N–H and O–H groups in total. The molecule has 2 rings (SSSR count). The maximum atomic E-state index is 14.3. The lowest BCUT2D eigenvalue weighted by molar-refractivity contribution is -0.384. The second-order valence-electron chi connectivity index (χ2n) is 4.73. The molecule has 0 saturated heterocycles. The standard InChI is InChI=1S/C14H12F2N2O7/c1-23-13(19)8-5-25-6-17(11(8)14(20)24-2)12-9(16)3-7(15)4-10(12)18(21)22/h3-4H,5-6H2,1-2H3. The number of esters is 2. The Morgan fingerprint density at radius 2 is 1.88 bits per heavy atom. The Labute approximate surface area is 139 Å². The van der Waals surface area contributed by atoms with E-state index in [2.05, 4.69) is 9.47 Å². The number of halogens is 2. The number of carbonyl (C=O) groups excluding carboxylic acids is 2. The van der Waals surface area contributed by atoms with Crippen LogP contribution in [0.25, 0.3) is 0 Å². The molecule has 1 aromatic rings. The lowest BCUT2D eigenvalue weighted by Crippen LogP contribution is -2.39. The summed E-state index contributed by atoms with van der Waals surface area (Å²) in [5.74, 6) is -4.53. The van der Waals surface area contributed by atoms with Crippen LogP contribution in [0.4, 0.5) is 20.2 Å². The topological polar surface area (TPSA) is 108 Å². The number of rotatable bonds is 4. The van der Waals surface area contributed by atoms with E-state index >= 15 is 0 Å². The number of anilines is 1.